The molecule has 3 aliphatic heterocycles. The maximum absolute atomic E-state index is 12.8. The summed E-state index contributed by atoms with van der Waals surface area (Å²) in [6.45, 7) is 4.65. The second kappa shape index (κ2) is 6.84. The molecule has 0 saturated carbocycles. The smallest absolute Gasteiger partial charge is 0.274 e. The third kappa shape index (κ3) is 3.56. The number of likely N-dealkylation sites (N-methyl/N-ethyl adjacent to an activating group) is 1. The monoisotopic (exact) mass is 331 g/mol. The van der Waals surface area contributed by atoms with Gasteiger partial charge < -0.3 is 9.80 Å². The third-order valence-corrected chi connectivity index (χ3v) is 4.91. The minimum absolute atomic E-state index is 0.0435. The Balaban J connectivity index is 1.72. The van der Waals surface area contributed by atoms with Crippen molar-refractivity contribution < 1.29 is 9.59 Å². The van der Waals surface area contributed by atoms with Gasteiger partial charge in [0.05, 0.1) is 18.4 Å². The molecule has 0 N–H and O–H groups in total. The molecule has 0 radical (unpaired) electrons. The summed E-state index contributed by atoms with van der Waals surface area (Å²) in [4.78, 5) is 39.0. The lowest BCUT2D eigenvalue weighted by Crippen LogP contribution is -2.48. The predicted molar refractivity (Wildman–Crippen MR) is 89.5 cm³/mol. The predicted octanol–water partition coefficient (Wildman–Crippen LogP) is 0.410. The Hall–Kier alpha value is -2.02. The van der Waals surface area contributed by atoms with E-state index in [0.29, 0.717) is 18.2 Å². The summed E-state index contributed by atoms with van der Waals surface area (Å²) in [5, 5.41) is 0. The highest BCUT2D eigenvalue weighted by atomic mass is 16.2. The summed E-state index contributed by atoms with van der Waals surface area (Å²) in [6, 6.07) is 0.148. The minimum atomic E-state index is -0.0435. The minimum Gasteiger partial charge on any atom is -0.348 e. The van der Waals surface area contributed by atoms with Crippen molar-refractivity contribution in [1.29, 1.82) is 0 Å². The molecule has 0 spiro atoms. The maximum Gasteiger partial charge on any atom is 0.274 e. The molecule has 4 rings (SSSR count). The summed E-state index contributed by atoms with van der Waals surface area (Å²) in [7, 11) is 3.56. The Bertz CT molecular complexity index is 616. The number of hydrogen-bond donors (Lipinski definition) is 0. The van der Waals surface area contributed by atoms with Gasteiger partial charge in [-0.2, -0.15) is 0 Å². The van der Waals surface area contributed by atoms with Crippen molar-refractivity contribution in [3.63, 3.8) is 0 Å². The van der Waals surface area contributed by atoms with E-state index in [0.717, 1.165) is 38.2 Å². The van der Waals surface area contributed by atoms with Crippen LogP contribution in [0.2, 0.25) is 0 Å². The molecule has 130 valence electrons. The molecule has 2 unspecified atom stereocenters. The Labute approximate surface area is 142 Å². The van der Waals surface area contributed by atoms with Crippen LogP contribution in [0.1, 0.15) is 29.0 Å². The fourth-order valence-corrected chi connectivity index (χ4v) is 3.54. The zero-order valence-corrected chi connectivity index (χ0v) is 14.6. The average molecular weight is 331 g/mol. The molecule has 7 nitrogen and oxygen atoms in total. The van der Waals surface area contributed by atoms with Gasteiger partial charge in [-0.05, 0) is 25.7 Å². The first-order chi connectivity index (χ1) is 11.4. The number of nitrogens with zero attached hydrogens (tertiary/aromatic N) is 5. The van der Waals surface area contributed by atoms with Crippen molar-refractivity contribution in [2.24, 2.45) is 5.92 Å². The molecule has 1 aromatic heterocycles. The first-order valence-electron chi connectivity index (χ1n) is 8.46. The quantitative estimate of drug-likeness (QED) is 0.802. The van der Waals surface area contributed by atoms with Crippen molar-refractivity contribution >= 4 is 11.8 Å². The van der Waals surface area contributed by atoms with Gasteiger partial charge in [0, 0.05) is 46.0 Å². The standard InChI is InChI=1S/C17H25N5O2/c1-12-6-19-15(7-18-12)17(24)22-9-13-4-5-14(22)10-21(8-13)11-16(23)20(2)3/h6-7,13-14H,4-5,8-11H2,1-3H3. The van der Waals surface area contributed by atoms with E-state index in [2.05, 4.69) is 14.9 Å². The van der Waals surface area contributed by atoms with E-state index in [-0.39, 0.29) is 17.9 Å². The van der Waals surface area contributed by atoms with Crippen molar-refractivity contribution in [3.8, 4) is 0 Å². The number of aryl methyl sites for hydroxylation is 1. The lowest BCUT2D eigenvalue weighted by atomic mass is 9.95. The Morgan fingerprint density at radius 2 is 1.96 bits per heavy atom. The van der Waals surface area contributed by atoms with Crippen molar-refractivity contribution in [1.82, 2.24) is 24.7 Å². The molecule has 2 atom stereocenters. The van der Waals surface area contributed by atoms with Gasteiger partial charge in [-0.25, -0.2) is 4.98 Å². The first-order valence-corrected chi connectivity index (χ1v) is 8.46. The highest BCUT2D eigenvalue weighted by Crippen LogP contribution is 2.28. The molecule has 4 heterocycles. The second-order valence-corrected chi connectivity index (χ2v) is 7.08. The van der Waals surface area contributed by atoms with Crippen LogP contribution >= 0.6 is 0 Å². The molecule has 0 aromatic carbocycles. The lowest BCUT2D eigenvalue weighted by Gasteiger charge is -2.36. The van der Waals surface area contributed by atoms with Gasteiger partial charge in [0.1, 0.15) is 5.69 Å². The molecule has 3 fully saturated rings. The number of carbonyl (C=O) groups excluding carboxylic acids is 2. The molecular formula is C17H25N5O2. The van der Waals surface area contributed by atoms with Gasteiger partial charge in [0.25, 0.3) is 5.91 Å². The number of piperidine rings is 1. The Kier molecular flexibility index (Phi) is 4.80. The van der Waals surface area contributed by atoms with Crippen LogP contribution in [0.4, 0.5) is 0 Å². The van der Waals surface area contributed by atoms with E-state index in [1.165, 1.54) is 0 Å². The van der Waals surface area contributed by atoms with Crippen molar-refractivity contribution in [2.75, 3.05) is 40.3 Å². The summed E-state index contributed by atoms with van der Waals surface area (Å²) < 4.78 is 0. The van der Waals surface area contributed by atoms with Crippen LogP contribution in [-0.2, 0) is 4.79 Å². The molecule has 3 aliphatic rings. The summed E-state index contributed by atoms with van der Waals surface area (Å²) in [5.41, 5.74) is 1.21. The van der Waals surface area contributed by atoms with Crippen molar-refractivity contribution in [3.05, 3.63) is 23.8 Å². The number of fused-ring (bicyclic) bond motifs is 4. The summed E-state index contributed by atoms with van der Waals surface area (Å²) in [5.74, 6) is 0.484. The van der Waals surface area contributed by atoms with E-state index < -0.39 is 0 Å². The normalized spacial score (nSPS) is 23.9. The van der Waals surface area contributed by atoms with Gasteiger partial charge in [-0.15, -0.1) is 0 Å². The highest BCUT2D eigenvalue weighted by molar-refractivity contribution is 5.92. The van der Waals surface area contributed by atoms with Crippen LogP contribution in [-0.4, -0.2) is 82.8 Å². The zero-order valence-electron chi connectivity index (χ0n) is 14.6. The van der Waals surface area contributed by atoms with E-state index in [1.807, 2.05) is 11.8 Å². The Morgan fingerprint density at radius 3 is 2.62 bits per heavy atom. The zero-order chi connectivity index (χ0) is 17.3. The molecule has 24 heavy (non-hydrogen) atoms. The fourth-order valence-electron chi connectivity index (χ4n) is 3.54. The molecule has 0 aliphatic carbocycles. The Morgan fingerprint density at radius 1 is 1.17 bits per heavy atom. The maximum atomic E-state index is 12.8. The molecule has 7 heteroatoms. The average Bonchev–Trinajstić information content (AvgIpc) is 2.85. The van der Waals surface area contributed by atoms with Crippen LogP contribution in [0, 0.1) is 12.8 Å². The number of carbonyl (C=O) groups is 2. The highest BCUT2D eigenvalue weighted by Gasteiger charge is 2.38. The van der Waals surface area contributed by atoms with Crippen LogP contribution in [0.5, 0.6) is 0 Å². The van der Waals surface area contributed by atoms with Crippen LogP contribution in [0.15, 0.2) is 12.4 Å². The number of rotatable bonds is 3. The molecule has 2 bridgehead atoms. The summed E-state index contributed by atoms with van der Waals surface area (Å²) >= 11 is 0. The van der Waals surface area contributed by atoms with E-state index >= 15 is 0 Å². The van der Waals surface area contributed by atoms with E-state index in [4.69, 9.17) is 0 Å². The van der Waals surface area contributed by atoms with Gasteiger partial charge >= 0.3 is 0 Å². The van der Waals surface area contributed by atoms with Gasteiger partial charge in [0.2, 0.25) is 5.91 Å². The summed E-state index contributed by atoms with van der Waals surface area (Å²) in [6.07, 6.45) is 5.29. The first kappa shape index (κ1) is 16.8. The van der Waals surface area contributed by atoms with Crippen LogP contribution < -0.4 is 0 Å². The van der Waals surface area contributed by atoms with Crippen LogP contribution in [0.3, 0.4) is 0 Å². The lowest BCUT2D eigenvalue weighted by molar-refractivity contribution is -0.129. The third-order valence-electron chi connectivity index (χ3n) is 4.91. The van der Waals surface area contributed by atoms with E-state index in [9.17, 15) is 9.59 Å². The SMILES string of the molecule is Cc1cnc(C(=O)N2CC3CCC2CN(CC(=O)N(C)C)C3)cn1. The number of hydrogen-bond acceptors (Lipinski definition) is 5. The van der Waals surface area contributed by atoms with Crippen molar-refractivity contribution in [2.45, 2.75) is 25.8 Å². The number of amides is 2. The second-order valence-electron chi connectivity index (χ2n) is 7.08. The molecule has 3 saturated heterocycles. The number of aromatic nitrogens is 2. The fraction of sp³-hybridized carbons (Fsp3) is 0.647. The largest absolute Gasteiger partial charge is 0.348 e. The molecule has 2 amide bonds. The van der Waals surface area contributed by atoms with Gasteiger partial charge in [-0.1, -0.05) is 0 Å². The topological polar surface area (TPSA) is 69.6 Å². The van der Waals surface area contributed by atoms with Gasteiger partial charge in [-0.3, -0.25) is 19.5 Å². The van der Waals surface area contributed by atoms with Gasteiger partial charge in [0.15, 0.2) is 0 Å². The molecular weight excluding hydrogens is 306 g/mol. The molecule has 1 aromatic rings. The van der Waals surface area contributed by atoms with E-state index in [1.54, 1.807) is 31.4 Å². The van der Waals surface area contributed by atoms with Crippen LogP contribution in [0.25, 0.3) is 0 Å².